The SMILES string of the molecule is CC.CCC(C)CCNCCOCCOCCN.[HH].[HH]. The molecule has 3 N–H and O–H groups in total. The largest absolute Gasteiger partial charge is 0.378 e. The summed E-state index contributed by atoms with van der Waals surface area (Å²) < 4.78 is 10.6. The van der Waals surface area contributed by atoms with Gasteiger partial charge >= 0.3 is 0 Å². The lowest BCUT2D eigenvalue weighted by atomic mass is 10.1. The normalized spacial score (nSPS) is 11.8. The van der Waals surface area contributed by atoms with Gasteiger partial charge in [0, 0.05) is 15.9 Å². The van der Waals surface area contributed by atoms with Gasteiger partial charge < -0.3 is 20.5 Å². The van der Waals surface area contributed by atoms with Crippen molar-refractivity contribution in [3.63, 3.8) is 0 Å². The molecule has 0 bridgehead atoms. The number of ether oxygens (including phenoxy) is 2. The molecule has 0 aliphatic carbocycles. The van der Waals surface area contributed by atoms with Crippen LogP contribution in [0, 0.1) is 5.92 Å². The number of rotatable bonds is 12. The zero-order chi connectivity index (χ0) is 14.1. The van der Waals surface area contributed by atoms with Crippen molar-refractivity contribution in [3.8, 4) is 0 Å². The van der Waals surface area contributed by atoms with Crippen LogP contribution in [0.1, 0.15) is 43.4 Å². The molecule has 116 valence electrons. The van der Waals surface area contributed by atoms with Gasteiger partial charge in [0.2, 0.25) is 0 Å². The lowest BCUT2D eigenvalue weighted by Crippen LogP contribution is -2.23. The fourth-order valence-corrected chi connectivity index (χ4v) is 1.23. The van der Waals surface area contributed by atoms with E-state index >= 15 is 0 Å². The second kappa shape index (κ2) is 19.2. The topological polar surface area (TPSA) is 56.5 Å². The molecule has 18 heavy (non-hydrogen) atoms. The first kappa shape index (κ1) is 20.2. The molecule has 0 heterocycles. The number of nitrogens with two attached hydrogens (primary N) is 1. The Bertz CT molecular complexity index is 144. The van der Waals surface area contributed by atoms with E-state index in [1.54, 1.807) is 0 Å². The third kappa shape index (κ3) is 18.2. The lowest BCUT2D eigenvalue weighted by molar-refractivity contribution is 0.0518. The summed E-state index contributed by atoms with van der Waals surface area (Å²) in [5.74, 6) is 0.818. The van der Waals surface area contributed by atoms with E-state index in [9.17, 15) is 0 Å². The molecule has 0 aliphatic rings. The Balaban J connectivity index is -0.000000304. The Morgan fingerprint density at radius 1 is 1.06 bits per heavy atom. The van der Waals surface area contributed by atoms with Crippen LogP contribution in [0.4, 0.5) is 0 Å². The van der Waals surface area contributed by atoms with Gasteiger partial charge in [-0.15, -0.1) is 0 Å². The average Bonchev–Trinajstić information content (AvgIpc) is 2.42. The summed E-state index contributed by atoms with van der Waals surface area (Å²) >= 11 is 0. The molecule has 0 amide bonds. The molecule has 0 aliphatic heterocycles. The molecule has 1 unspecified atom stereocenters. The van der Waals surface area contributed by atoms with Crippen LogP contribution in [-0.2, 0) is 9.47 Å². The highest BCUT2D eigenvalue weighted by Gasteiger charge is 1.97. The predicted octanol–water partition coefficient (Wildman–Crippen LogP) is 2.52. The highest BCUT2D eigenvalue weighted by Crippen LogP contribution is 2.03. The minimum atomic E-state index is 0. The van der Waals surface area contributed by atoms with Gasteiger partial charge in [0.15, 0.2) is 0 Å². The van der Waals surface area contributed by atoms with Crippen LogP contribution in [0.3, 0.4) is 0 Å². The Hall–Kier alpha value is -0.160. The van der Waals surface area contributed by atoms with Crippen LogP contribution >= 0.6 is 0 Å². The van der Waals surface area contributed by atoms with Crippen molar-refractivity contribution in [1.82, 2.24) is 5.32 Å². The van der Waals surface area contributed by atoms with Crippen molar-refractivity contribution in [2.45, 2.75) is 40.5 Å². The van der Waals surface area contributed by atoms with E-state index < -0.39 is 0 Å². The first-order valence-corrected chi connectivity index (χ1v) is 7.37. The molecule has 0 fully saturated rings. The maximum Gasteiger partial charge on any atom is 0.0701 e. The van der Waals surface area contributed by atoms with E-state index in [-0.39, 0.29) is 2.85 Å². The number of hydrogen-bond donors (Lipinski definition) is 2. The van der Waals surface area contributed by atoms with Crippen molar-refractivity contribution in [2.75, 3.05) is 46.1 Å². The summed E-state index contributed by atoms with van der Waals surface area (Å²) in [6, 6.07) is 0. The van der Waals surface area contributed by atoms with E-state index in [1.165, 1.54) is 12.8 Å². The number of hydrogen-bond acceptors (Lipinski definition) is 4. The van der Waals surface area contributed by atoms with Crippen LogP contribution in [0.25, 0.3) is 0 Å². The van der Waals surface area contributed by atoms with Crippen LogP contribution in [0.2, 0.25) is 0 Å². The van der Waals surface area contributed by atoms with Gasteiger partial charge in [-0.05, 0) is 18.9 Å². The fraction of sp³-hybridized carbons (Fsp3) is 1.00. The monoisotopic (exact) mass is 266 g/mol. The summed E-state index contributed by atoms with van der Waals surface area (Å²) in [7, 11) is 0. The third-order valence-corrected chi connectivity index (χ3v) is 2.57. The first-order chi connectivity index (χ1) is 8.81. The summed E-state index contributed by atoms with van der Waals surface area (Å²) in [6.45, 7) is 13.8. The summed E-state index contributed by atoms with van der Waals surface area (Å²) in [5.41, 5.74) is 5.28. The van der Waals surface area contributed by atoms with Gasteiger partial charge in [-0.25, -0.2) is 0 Å². The van der Waals surface area contributed by atoms with Crippen molar-refractivity contribution in [3.05, 3.63) is 0 Å². The van der Waals surface area contributed by atoms with Crippen LogP contribution in [0.15, 0.2) is 0 Å². The lowest BCUT2D eigenvalue weighted by Gasteiger charge is -2.09. The van der Waals surface area contributed by atoms with Crippen LogP contribution in [-0.4, -0.2) is 46.1 Å². The Labute approximate surface area is 117 Å². The molecule has 4 nitrogen and oxygen atoms in total. The smallest absolute Gasteiger partial charge is 0.0701 e. The summed E-state index contributed by atoms with van der Waals surface area (Å²) in [5, 5.41) is 3.37. The summed E-state index contributed by atoms with van der Waals surface area (Å²) in [6.07, 6.45) is 2.51. The maximum atomic E-state index is 5.39. The molecule has 1 atom stereocenters. The molecule has 0 saturated carbocycles. The highest BCUT2D eigenvalue weighted by atomic mass is 16.5. The molecule has 0 aromatic heterocycles. The molecule has 0 radical (unpaired) electrons. The van der Waals surface area contributed by atoms with Gasteiger partial charge in [-0.2, -0.15) is 0 Å². The molecule has 4 heteroatoms. The van der Waals surface area contributed by atoms with E-state index in [2.05, 4.69) is 19.2 Å². The quantitative estimate of drug-likeness (QED) is 0.533. The van der Waals surface area contributed by atoms with Gasteiger partial charge in [-0.1, -0.05) is 34.1 Å². The van der Waals surface area contributed by atoms with Gasteiger partial charge in [0.05, 0.1) is 26.4 Å². The van der Waals surface area contributed by atoms with Crippen molar-refractivity contribution >= 4 is 0 Å². The molecule has 0 saturated heterocycles. The van der Waals surface area contributed by atoms with Gasteiger partial charge in [-0.3, -0.25) is 0 Å². The minimum absolute atomic E-state index is 0. The minimum Gasteiger partial charge on any atom is -0.378 e. The first-order valence-electron chi connectivity index (χ1n) is 7.37. The van der Waals surface area contributed by atoms with Gasteiger partial charge in [0.25, 0.3) is 0 Å². The van der Waals surface area contributed by atoms with Crippen LogP contribution in [0.5, 0.6) is 0 Å². The average molecular weight is 266 g/mol. The second-order valence-corrected chi connectivity index (χ2v) is 4.07. The fourth-order valence-electron chi connectivity index (χ4n) is 1.23. The Kier molecular flexibility index (Phi) is 21.5. The van der Waals surface area contributed by atoms with Crippen molar-refractivity contribution < 1.29 is 12.3 Å². The zero-order valence-electron chi connectivity index (χ0n) is 12.8. The van der Waals surface area contributed by atoms with Crippen molar-refractivity contribution in [1.29, 1.82) is 0 Å². The maximum absolute atomic E-state index is 5.39. The van der Waals surface area contributed by atoms with E-state index in [1.807, 2.05) is 13.8 Å². The highest BCUT2D eigenvalue weighted by molar-refractivity contribution is 4.53. The third-order valence-electron chi connectivity index (χ3n) is 2.57. The van der Waals surface area contributed by atoms with Gasteiger partial charge in [0.1, 0.15) is 0 Å². The Morgan fingerprint density at radius 3 is 2.22 bits per heavy atom. The van der Waals surface area contributed by atoms with E-state index in [4.69, 9.17) is 15.2 Å². The van der Waals surface area contributed by atoms with Crippen LogP contribution < -0.4 is 11.1 Å². The molecule has 0 spiro atoms. The van der Waals surface area contributed by atoms with Crippen molar-refractivity contribution in [2.24, 2.45) is 11.7 Å². The predicted molar refractivity (Wildman–Crippen MR) is 83.2 cm³/mol. The second-order valence-electron chi connectivity index (χ2n) is 4.07. The standard InChI is InChI=1S/C12H28N2O2.C2H6.2H2/c1-3-12(2)4-6-14-7-9-16-11-10-15-8-5-13;1-2;;/h12,14H,3-11,13H2,1-2H3;1-2H3;2*1H. The summed E-state index contributed by atoms with van der Waals surface area (Å²) in [4.78, 5) is 0. The number of nitrogens with one attached hydrogen (secondary N) is 1. The zero-order valence-corrected chi connectivity index (χ0v) is 12.8. The Morgan fingerprint density at radius 2 is 1.67 bits per heavy atom. The molecular weight excluding hydrogens is 228 g/mol. The van der Waals surface area contributed by atoms with E-state index in [0.29, 0.717) is 26.4 Å². The molecule has 0 rings (SSSR count). The molecule has 0 aromatic rings. The molecule has 0 aromatic carbocycles. The van der Waals surface area contributed by atoms with E-state index in [0.717, 1.165) is 25.6 Å². The molecular formula is C14H38N2O2.